The zero-order valence-electron chi connectivity index (χ0n) is 12.7. The van der Waals surface area contributed by atoms with Crippen molar-refractivity contribution in [1.29, 1.82) is 0 Å². The Labute approximate surface area is 135 Å². The quantitative estimate of drug-likeness (QED) is 0.622. The fraction of sp³-hybridized carbons (Fsp3) is 0.235. The normalized spacial score (nSPS) is 10.7. The highest BCUT2D eigenvalue weighted by Gasteiger charge is 2.04. The van der Waals surface area contributed by atoms with Crippen LogP contribution in [0.15, 0.2) is 47.6 Å². The van der Waals surface area contributed by atoms with Crippen molar-refractivity contribution >= 4 is 17.8 Å². The zero-order valence-corrected chi connectivity index (χ0v) is 13.4. The van der Waals surface area contributed by atoms with Crippen LogP contribution in [0, 0.1) is 0 Å². The van der Waals surface area contributed by atoms with E-state index in [1.807, 2.05) is 49.4 Å². The number of hydrazone groups is 1. The van der Waals surface area contributed by atoms with Crippen molar-refractivity contribution in [3.8, 4) is 11.5 Å². The topological polar surface area (TPSA) is 42.8 Å². The van der Waals surface area contributed by atoms with Crippen molar-refractivity contribution in [2.24, 2.45) is 5.10 Å². The summed E-state index contributed by atoms with van der Waals surface area (Å²) in [5.41, 5.74) is 4.92. The van der Waals surface area contributed by atoms with E-state index in [-0.39, 0.29) is 0 Å². The van der Waals surface area contributed by atoms with Gasteiger partial charge in [-0.05, 0) is 42.3 Å². The Morgan fingerprint density at radius 1 is 1.18 bits per heavy atom. The van der Waals surface area contributed by atoms with Crippen LogP contribution in [0.4, 0.5) is 0 Å². The summed E-state index contributed by atoms with van der Waals surface area (Å²) in [6.07, 6.45) is 1.73. The van der Waals surface area contributed by atoms with E-state index in [0.717, 1.165) is 16.1 Å². The molecule has 0 fully saturated rings. The van der Waals surface area contributed by atoms with Crippen molar-refractivity contribution in [3.05, 3.63) is 58.6 Å². The van der Waals surface area contributed by atoms with Gasteiger partial charge in [-0.25, -0.2) is 0 Å². The number of nitrogens with zero attached hydrogens (tertiary/aromatic N) is 1. The van der Waals surface area contributed by atoms with Crippen LogP contribution in [-0.4, -0.2) is 19.9 Å². The Hall–Kier alpha value is -2.20. The third kappa shape index (κ3) is 4.40. The van der Waals surface area contributed by atoms with Crippen molar-refractivity contribution in [2.75, 3.05) is 13.7 Å². The lowest BCUT2D eigenvalue weighted by Crippen LogP contribution is -2.06. The third-order valence-corrected chi connectivity index (χ3v) is 3.39. The van der Waals surface area contributed by atoms with E-state index >= 15 is 0 Å². The minimum Gasteiger partial charge on any atom is -0.493 e. The molecule has 0 aliphatic carbocycles. The van der Waals surface area contributed by atoms with E-state index in [1.54, 1.807) is 13.3 Å². The lowest BCUT2D eigenvalue weighted by Gasteiger charge is -2.09. The first-order valence-electron chi connectivity index (χ1n) is 7.04. The van der Waals surface area contributed by atoms with Gasteiger partial charge < -0.3 is 14.9 Å². The summed E-state index contributed by atoms with van der Waals surface area (Å²) in [4.78, 5) is 0. The summed E-state index contributed by atoms with van der Waals surface area (Å²) in [7, 11) is 1.62. The number of hydrogen-bond donors (Lipinski definition) is 1. The second-order valence-corrected chi connectivity index (χ2v) is 4.94. The van der Waals surface area contributed by atoms with Crippen LogP contribution in [0.2, 0.25) is 5.02 Å². The Kier molecular flexibility index (Phi) is 6.10. The van der Waals surface area contributed by atoms with Crippen LogP contribution in [0.5, 0.6) is 11.5 Å². The number of halogens is 1. The molecule has 4 nitrogen and oxygen atoms in total. The maximum atomic E-state index is 6.09. The first-order chi connectivity index (χ1) is 10.7. The van der Waals surface area contributed by atoms with E-state index < -0.39 is 0 Å². The molecule has 0 spiro atoms. The molecule has 2 aromatic carbocycles. The summed E-state index contributed by atoms with van der Waals surface area (Å²) in [5, 5.41) is 4.93. The summed E-state index contributed by atoms with van der Waals surface area (Å²) in [6, 6.07) is 13.4. The molecule has 116 valence electrons. The molecule has 0 aliphatic heterocycles. The lowest BCUT2D eigenvalue weighted by atomic mass is 10.2. The number of nitrogens with one attached hydrogen (secondary N) is 1. The molecule has 0 heterocycles. The molecule has 0 saturated heterocycles. The van der Waals surface area contributed by atoms with E-state index in [1.165, 1.54) is 0 Å². The molecule has 0 unspecified atom stereocenters. The lowest BCUT2D eigenvalue weighted by molar-refractivity contribution is 0.311. The summed E-state index contributed by atoms with van der Waals surface area (Å²) >= 11 is 6.09. The first-order valence-corrected chi connectivity index (χ1v) is 7.42. The van der Waals surface area contributed by atoms with Gasteiger partial charge in [0.25, 0.3) is 0 Å². The molecular weight excluding hydrogens is 300 g/mol. The predicted octanol–water partition coefficient (Wildman–Crippen LogP) is 3.87. The average Bonchev–Trinajstić information content (AvgIpc) is 2.54. The molecule has 0 saturated carbocycles. The van der Waals surface area contributed by atoms with Gasteiger partial charge >= 0.3 is 0 Å². The van der Waals surface area contributed by atoms with Crippen LogP contribution in [0.25, 0.3) is 0 Å². The van der Waals surface area contributed by atoms with Crippen molar-refractivity contribution in [2.45, 2.75) is 13.5 Å². The molecule has 1 N–H and O–H groups in total. The summed E-state index contributed by atoms with van der Waals surface area (Å²) < 4.78 is 10.8. The van der Waals surface area contributed by atoms with Gasteiger partial charge in [0.05, 0.1) is 26.5 Å². The van der Waals surface area contributed by atoms with Gasteiger partial charge in [0, 0.05) is 5.02 Å². The van der Waals surface area contributed by atoms with E-state index in [0.29, 0.717) is 24.7 Å². The van der Waals surface area contributed by atoms with Gasteiger partial charge in [0.15, 0.2) is 11.5 Å². The van der Waals surface area contributed by atoms with Crippen molar-refractivity contribution < 1.29 is 9.47 Å². The maximum absolute atomic E-state index is 6.09. The van der Waals surface area contributed by atoms with Gasteiger partial charge in [0.2, 0.25) is 0 Å². The molecule has 0 aliphatic rings. The van der Waals surface area contributed by atoms with Crippen molar-refractivity contribution in [1.82, 2.24) is 5.43 Å². The van der Waals surface area contributed by atoms with Gasteiger partial charge in [-0.1, -0.05) is 29.8 Å². The zero-order chi connectivity index (χ0) is 15.8. The molecule has 0 radical (unpaired) electrons. The second kappa shape index (κ2) is 8.29. The molecule has 0 amide bonds. The number of methoxy groups -OCH3 is 1. The van der Waals surface area contributed by atoms with Crippen LogP contribution < -0.4 is 14.9 Å². The second-order valence-electron chi connectivity index (χ2n) is 4.53. The third-order valence-electron chi connectivity index (χ3n) is 3.02. The van der Waals surface area contributed by atoms with Crippen LogP contribution >= 0.6 is 11.6 Å². The molecule has 5 heteroatoms. The molecule has 0 aromatic heterocycles. The molecule has 0 bridgehead atoms. The van der Waals surface area contributed by atoms with E-state index in [4.69, 9.17) is 21.1 Å². The molecule has 0 atom stereocenters. The number of benzene rings is 2. The molecule has 22 heavy (non-hydrogen) atoms. The highest BCUT2D eigenvalue weighted by Crippen LogP contribution is 2.27. The number of hydrogen-bond acceptors (Lipinski definition) is 4. The van der Waals surface area contributed by atoms with Crippen molar-refractivity contribution in [3.63, 3.8) is 0 Å². The Balaban J connectivity index is 1.98. The fourth-order valence-electron chi connectivity index (χ4n) is 1.93. The minimum atomic E-state index is 0.574. The van der Waals surface area contributed by atoms with Crippen LogP contribution in [0.3, 0.4) is 0 Å². The smallest absolute Gasteiger partial charge is 0.161 e. The Morgan fingerprint density at radius 3 is 2.73 bits per heavy atom. The maximum Gasteiger partial charge on any atom is 0.161 e. The monoisotopic (exact) mass is 318 g/mol. The average molecular weight is 319 g/mol. The highest BCUT2D eigenvalue weighted by molar-refractivity contribution is 6.31. The Morgan fingerprint density at radius 2 is 2.00 bits per heavy atom. The van der Waals surface area contributed by atoms with E-state index in [2.05, 4.69) is 10.5 Å². The van der Waals surface area contributed by atoms with Crippen LogP contribution in [-0.2, 0) is 6.54 Å². The fourth-order valence-corrected chi connectivity index (χ4v) is 2.14. The largest absolute Gasteiger partial charge is 0.493 e. The van der Waals surface area contributed by atoms with Crippen LogP contribution in [0.1, 0.15) is 18.1 Å². The number of ether oxygens (including phenoxy) is 2. The molecule has 2 aromatic rings. The predicted molar refractivity (Wildman–Crippen MR) is 90.0 cm³/mol. The standard InChI is InChI=1S/C17H19ClN2O2/c1-3-22-17-10-13(8-9-16(17)21-2)11-19-20-12-14-6-4-5-7-15(14)18/h4-11,20H,3,12H2,1-2H3/b19-11-. The van der Waals surface area contributed by atoms with Gasteiger partial charge in [-0.2, -0.15) is 5.10 Å². The van der Waals surface area contributed by atoms with E-state index in [9.17, 15) is 0 Å². The van der Waals surface area contributed by atoms with Gasteiger partial charge in [-0.15, -0.1) is 0 Å². The first kappa shape index (κ1) is 16.2. The SMILES string of the molecule is CCOc1cc(/C=N\NCc2ccccc2Cl)ccc1OC. The van der Waals surface area contributed by atoms with Gasteiger partial charge in [0.1, 0.15) is 0 Å². The molecule has 2 rings (SSSR count). The molecular formula is C17H19ClN2O2. The number of rotatable bonds is 7. The Bertz CT molecular complexity index is 644. The summed E-state index contributed by atoms with van der Waals surface area (Å²) in [5.74, 6) is 1.42. The minimum absolute atomic E-state index is 0.574. The summed E-state index contributed by atoms with van der Waals surface area (Å²) in [6.45, 7) is 3.09. The highest BCUT2D eigenvalue weighted by atomic mass is 35.5. The van der Waals surface area contributed by atoms with Gasteiger partial charge in [-0.3, -0.25) is 0 Å².